The van der Waals surface area contributed by atoms with Gasteiger partial charge in [-0.15, -0.1) is 0 Å². The Morgan fingerprint density at radius 1 is 0.488 bits per heavy atom. The van der Waals surface area contributed by atoms with Gasteiger partial charge in [0.15, 0.2) is 16.6 Å². The molecule has 0 rings (SSSR count). The van der Waals surface area contributed by atoms with Gasteiger partial charge in [-0.2, -0.15) is 0 Å². The van der Waals surface area contributed by atoms with Crippen molar-refractivity contribution in [3.63, 3.8) is 0 Å². The fourth-order valence-electron chi connectivity index (χ4n) is 4.73. The van der Waals surface area contributed by atoms with Gasteiger partial charge in [0.25, 0.3) is 0 Å². The topological polar surface area (TPSA) is 36.9 Å². The summed E-state index contributed by atoms with van der Waals surface area (Å²) in [5.74, 6) is 0.873. The maximum absolute atomic E-state index is 6.97. The second-order valence-electron chi connectivity index (χ2n) is 12.9. The largest absolute Gasteiger partial charge is 0.437 e. The van der Waals surface area contributed by atoms with E-state index in [1.54, 1.807) is 0 Å². The van der Waals surface area contributed by atoms with Crippen LogP contribution in [0.3, 0.4) is 0 Å². The van der Waals surface area contributed by atoms with Gasteiger partial charge in [-0.25, -0.2) is 0 Å². The molecule has 0 aliphatic carbocycles. The van der Waals surface area contributed by atoms with E-state index in [4.69, 9.17) is 16.5 Å². The highest BCUT2D eigenvalue weighted by Crippen LogP contribution is 2.31. The predicted octanol–water partition coefficient (Wildman–Crippen LogP) is 14.2. The zero-order valence-corrected chi connectivity index (χ0v) is 31.8. The first-order valence-electron chi connectivity index (χ1n) is 14.6. The summed E-state index contributed by atoms with van der Waals surface area (Å²) in [7, 11) is -10.4. The lowest BCUT2D eigenvalue weighted by atomic mass is 10.0. The summed E-state index contributed by atoms with van der Waals surface area (Å²) < 4.78 is 27.3. The van der Waals surface area contributed by atoms with Crippen molar-refractivity contribution in [2.75, 3.05) is 0 Å². The molecule has 0 aliphatic heterocycles. The Morgan fingerprint density at radius 2 is 0.829 bits per heavy atom. The van der Waals surface area contributed by atoms with Crippen molar-refractivity contribution in [2.45, 2.75) is 208 Å². The Labute approximate surface area is 271 Å². The smallest absolute Gasteiger partial charge is 0.315 e. The van der Waals surface area contributed by atoms with Crippen molar-refractivity contribution < 1.29 is 16.5 Å². The lowest BCUT2D eigenvalue weighted by Gasteiger charge is -2.43. The van der Waals surface area contributed by atoms with E-state index in [-0.39, 0.29) is 44.6 Å². The molecule has 3 atom stereocenters. The quantitative estimate of drug-likeness (QED) is 0.101. The van der Waals surface area contributed by atoms with E-state index in [0.717, 1.165) is 24.4 Å². The molecule has 0 fully saturated rings. The van der Waals surface area contributed by atoms with Crippen molar-refractivity contribution in [1.29, 1.82) is 0 Å². The van der Waals surface area contributed by atoms with Crippen molar-refractivity contribution in [2.24, 2.45) is 5.92 Å². The van der Waals surface area contributed by atoms with Gasteiger partial charge in [-0.1, -0.05) is 131 Å². The van der Waals surface area contributed by atoms with Crippen LogP contribution < -0.4 is 0 Å². The average Bonchev–Trinajstić information content (AvgIpc) is 2.64. The zero-order chi connectivity index (χ0) is 28.0. The predicted molar refractivity (Wildman–Crippen MR) is 211 cm³/mol. The highest BCUT2D eigenvalue weighted by molar-refractivity contribution is 6.90. The number of unbranched alkanes of at least 4 members (excludes halogenated alkanes) is 4. The summed E-state index contributed by atoms with van der Waals surface area (Å²) in [6, 6.07) is 2.10. The van der Waals surface area contributed by atoms with E-state index in [0.29, 0.717) is 0 Å². The molecule has 4 nitrogen and oxygen atoms in total. The van der Waals surface area contributed by atoms with Crippen molar-refractivity contribution in [3.8, 4) is 0 Å². The molecule has 0 aliphatic rings. The van der Waals surface area contributed by atoms with E-state index in [2.05, 4.69) is 86.2 Å². The lowest BCUT2D eigenvalue weighted by Crippen LogP contribution is -2.59. The second-order valence-corrected chi connectivity index (χ2v) is 32.9. The molecule has 3 unspecified atom stereocenters. The van der Waals surface area contributed by atoms with Gasteiger partial charge < -0.3 is 16.5 Å². The maximum atomic E-state index is 6.97. The summed E-state index contributed by atoms with van der Waals surface area (Å²) in [6.45, 7) is 33.6. The molecule has 0 amide bonds. The zero-order valence-electron chi connectivity index (χ0n) is 26.8. The van der Waals surface area contributed by atoms with E-state index >= 15 is 0 Å². The molecular weight excluding hydrogens is 589 g/mol. The SMILES string of the molecule is C.C.C.C.C.C.CC.CCC[Si](C)(O[Si](C)(C)C)O[Si](C)(C)O[Si](C)(CCCCCCCC(C)CC)O[Si](C)(C)C. The molecule has 0 bridgehead atoms. The third kappa shape index (κ3) is 35.3. The van der Waals surface area contributed by atoms with Gasteiger partial charge in [0.1, 0.15) is 0 Å². The molecular formula is C32H90O4Si5. The Hall–Kier alpha value is 0.924. The van der Waals surface area contributed by atoms with Crippen LogP contribution in [0.4, 0.5) is 0 Å². The molecule has 0 saturated carbocycles. The first kappa shape index (κ1) is 61.0. The number of hydrogen-bond acceptors (Lipinski definition) is 4. The van der Waals surface area contributed by atoms with Gasteiger partial charge >= 0.3 is 25.7 Å². The summed E-state index contributed by atoms with van der Waals surface area (Å²) in [6.07, 6.45) is 10.3. The molecule has 0 saturated heterocycles. The molecule has 0 spiro atoms. The molecule has 262 valence electrons. The molecule has 0 aromatic rings. The molecule has 0 aromatic carbocycles. The Balaban J connectivity index is -0.000000221. The molecule has 9 heteroatoms. The highest BCUT2D eigenvalue weighted by atomic mass is 28.5. The van der Waals surface area contributed by atoms with Crippen LogP contribution >= 0.6 is 0 Å². The van der Waals surface area contributed by atoms with E-state index < -0.39 is 42.3 Å². The minimum absolute atomic E-state index is 0. The van der Waals surface area contributed by atoms with Crippen LogP contribution in [0, 0.1) is 5.92 Å². The van der Waals surface area contributed by atoms with Crippen LogP contribution in [0.15, 0.2) is 0 Å². The molecule has 0 radical (unpaired) electrons. The van der Waals surface area contributed by atoms with Gasteiger partial charge in [-0.3, -0.25) is 0 Å². The fourth-order valence-corrected chi connectivity index (χ4v) is 28.5. The minimum Gasteiger partial charge on any atom is -0.437 e. The number of hydrogen-bond donors (Lipinski definition) is 0. The van der Waals surface area contributed by atoms with Crippen LogP contribution in [0.1, 0.15) is 131 Å². The van der Waals surface area contributed by atoms with E-state index in [1.807, 2.05) is 13.8 Å². The second kappa shape index (κ2) is 28.4. The standard InChI is InChI=1S/C24H60O4Si5.C2H6.6CH4/c1-14-22-32(12,25-29(4,5)6)27-31(10,11)28-33(13,26-30(7,8)9)23-20-18-16-17-19-21-24(3)15-2;1-2;;;;;;/h24H,14-23H2,1-13H3;1-2H3;6*1H4. The summed E-state index contributed by atoms with van der Waals surface area (Å²) >= 11 is 0. The van der Waals surface area contributed by atoms with Crippen LogP contribution in [0.2, 0.25) is 77.6 Å². The minimum atomic E-state index is -2.39. The maximum Gasteiger partial charge on any atom is 0.315 e. The summed E-state index contributed by atoms with van der Waals surface area (Å²) in [5.41, 5.74) is 0. The Kier molecular flexibility index (Phi) is 42.3. The Bertz CT molecular complexity index is 539. The van der Waals surface area contributed by atoms with Gasteiger partial charge in [0.05, 0.1) is 0 Å². The van der Waals surface area contributed by atoms with Crippen molar-refractivity contribution >= 4 is 42.3 Å². The monoisotopic (exact) mass is 679 g/mol. The highest BCUT2D eigenvalue weighted by Gasteiger charge is 2.47. The molecule has 41 heavy (non-hydrogen) atoms. The number of rotatable bonds is 19. The van der Waals surface area contributed by atoms with Crippen molar-refractivity contribution in [3.05, 3.63) is 0 Å². The first-order chi connectivity index (χ1) is 15.8. The van der Waals surface area contributed by atoms with Gasteiger partial charge in [0.2, 0.25) is 0 Å². The third-order valence-electron chi connectivity index (χ3n) is 5.70. The van der Waals surface area contributed by atoms with Crippen LogP contribution in [-0.4, -0.2) is 42.3 Å². The van der Waals surface area contributed by atoms with E-state index in [9.17, 15) is 0 Å². The average molecular weight is 679 g/mol. The molecule has 0 heterocycles. The van der Waals surface area contributed by atoms with Gasteiger partial charge in [0, 0.05) is 0 Å². The Morgan fingerprint density at radius 3 is 1.17 bits per heavy atom. The summed E-state index contributed by atoms with van der Waals surface area (Å²) in [4.78, 5) is 0. The molecule has 0 aromatic heterocycles. The van der Waals surface area contributed by atoms with Gasteiger partial charge in [-0.05, 0) is 83.5 Å². The van der Waals surface area contributed by atoms with Crippen LogP contribution in [0.25, 0.3) is 0 Å². The van der Waals surface area contributed by atoms with E-state index in [1.165, 1.54) is 44.9 Å². The van der Waals surface area contributed by atoms with Crippen LogP contribution in [0.5, 0.6) is 0 Å². The lowest BCUT2D eigenvalue weighted by molar-refractivity contribution is 0.289. The van der Waals surface area contributed by atoms with Crippen molar-refractivity contribution in [1.82, 2.24) is 0 Å². The normalized spacial score (nSPS) is 14.7. The first-order valence-corrected chi connectivity index (χ1v) is 29.3. The molecule has 0 N–H and O–H groups in total. The third-order valence-corrected chi connectivity index (χ3v) is 24.1. The fraction of sp³-hybridized carbons (Fsp3) is 1.00. The summed E-state index contributed by atoms with van der Waals surface area (Å²) in [5, 5.41) is 0. The van der Waals surface area contributed by atoms with Crippen LogP contribution in [-0.2, 0) is 16.5 Å².